The van der Waals surface area contributed by atoms with E-state index < -0.39 is 5.60 Å². The minimum atomic E-state index is -0.439. The summed E-state index contributed by atoms with van der Waals surface area (Å²) in [6.07, 6.45) is 3.84. The van der Waals surface area contributed by atoms with E-state index in [-0.39, 0.29) is 12.1 Å². The standard InChI is InChI=1S/C12H21NO3/c1-12(2,3)16-11(15)5-4-7-13-8-6-10(14)9-13/h4-5,10,14H,6-9H2,1-3H3/b5-4+. The highest BCUT2D eigenvalue weighted by atomic mass is 16.6. The number of β-amino-alcohol motifs (C(OH)–C–C–N with tert-alkyl or cyclic N) is 1. The fraction of sp³-hybridized carbons (Fsp3) is 0.750. The van der Waals surface area contributed by atoms with E-state index in [9.17, 15) is 9.90 Å². The number of rotatable bonds is 3. The van der Waals surface area contributed by atoms with Crippen LogP contribution in [0.15, 0.2) is 12.2 Å². The van der Waals surface area contributed by atoms with E-state index in [4.69, 9.17) is 4.74 Å². The molecule has 0 aromatic heterocycles. The predicted octanol–water partition coefficient (Wildman–Crippen LogP) is 0.951. The van der Waals surface area contributed by atoms with Crippen molar-refractivity contribution >= 4 is 5.97 Å². The summed E-state index contributed by atoms with van der Waals surface area (Å²) in [5, 5.41) is 9.30. The highest BCUT2D eigenvalue weighted by molar-refractivity contribution is 5.82. The van der Waals surface area contributed by atoms with Crippen LogP contribution in [0.5, 0.6) is 0 Å². The van der Waals surface area contributed by atoms with Crippen LogP contribution in [0.1, 0.15) is 27.2 Å². The summed E-state index contributed by atoms with van der Waals surface area (Å²) in [5.74, 6) is -0.313. The lowest BCUT2D eigenvalue weighted by Crippen LogP contribution is -2.24. The van der Waals surface area contributed by atoms with Gasteiger partial charge in [-0.05, 0) is 27.2 Å². The summed E-state index contributed by atoms with van der Waals surface area (Å²) in [4.78, 5) is 13.4. The first-order valence-electron chi connectivity index (χ1n) is 5.67. The zero-order valence-electron chi connectivity index (χ0n) is 10.3. The largest absolute Gasteiger partial charge is 0.457 e. The Morgan fingerprint density at radius 2 is 2.25 bits per heavy atom. The average molecular weight is 227 g/mol. The van der Waals surface area contributed by atoms with Gasteiger partial charge in [0.1, 0.15) is 5.60 Å². The van der Waals surface area contributed by atoms with Crippen LogP contribution in [0.25, 0.3) is 0 Å². The van der Waals surface area contributed by atoms with Crippen molar-refractivity contribution in [3.8, 4) is 0 Å². The molecule has 1 aliphatic rings. The molecule has 0 saturated carbocycles. The summed E-state index contributed by atoms with van der Waals surface area (Å²) in [6.45, 7) is 7.80. The third kappa shape index (κ3) is 5.28. The molecule has 4 heteroatoms. The Labute approximate surface area is 96.9 Å². The monoisotopic (exact) mass is 227 g/mol. The highest BCUT2D eigenvalue weighted by Gasteiger charge is 2.18. The molecule has 0 aromatic rings. The molecule has 0 spiro atoms. The van der Waals surface area contributed by atoms with E-state index in [0.717, 1.165) is 13.0 Å². The number of carbonyl (C=O) groups excluding carboxylic acids is 1. The smallest absolute Gasteiger partial charge is 0.330 e. The molecule has 1 N–H and O–H groups in total. The number of aliphatic hydroxyl groups is 1. The molecule has 1 atom stereocenters. The molecule has 1 rings (SSSR count). The minimum Gasteiger partial charge on any atom is -0.457 e. The first-order valence-corrected chi connectivity index (χ1v) is 5.67. The summed E-state index contributed by atoms with van der Waals surface area (Å²) in [7, 11) is 0. The second-order valence-electron chi connectivity index (χ2n) is 5.14. The lowest BCUT2D eigenvalue weighted by atomic mass is 10.2. The zero-order valence-corrected chi connectivity index (χ0v) is 10.3. The van der Waals surface area contributed by atoms with E-state index in [1.807, 2.05) is 20.8 Å². The van der Waals surface area contributed by atoms with Crippen LogP contribution in [-0.2, 0) is 9.53 Å². The molecule has 1 fully saturated rings. The molecule has 0 aromatic carbocycles. The van der Waals surface area contributed by atoms with Crippen molar-refractivity contribution in [2.75, 3.05) is 19.6 Å². The lowest BCUT2D eigenvalue weighted by Gasteiger charge is -2.18. The molecule has 16 heavy (non-hydrogen) atoms. The molecule has 0 radical (unpaired) electrons. The molecule has 0 aliphatic carbocycles. The van der Waals surface area contributed by atoms with Crippen LogP contribution in [0.4, 0.5) is 0 Å². The molecule has 4 nitrogen and oxygen atoms in total. The molecule has 92 valence electrons. The molecule has 1 aliphatic heterocycles. The molecular formula is C12H21NO3. The van der Waals surface area contributed by atoms with Gasteiger partial charge in [0.05, 0.1) is 6.10 Å². The average Bonchev–Trinajstić information content (AvgIpc) is 2.48. The van der Waals surface area contributed by atoms with E-state index >= 15 is 0 Å². The predicted molar refractivity (Wildman–Crippen MR) is 62.0 cm³/mol. The number of esters is 1. The van der Waals surface area contributed by atoms with Gasteiger partial charge in [-0.1, -0.05) is 6.08 Å². The molecule has 1 unspecified atom stereocenters. The number of hydrogen-bond acceptors (Lipinski definition) is 4. The molecular weight excluding hydrogens is 206 g/mol. The zero-order chi connectivity index (χ0) is 12.2. The maximum atomic E-state index is 11.3. The van der Waals surface area contributed by atoms with Gasteiger partial charge in [-0.2, -0.15) is 0 Å². The third-order valence-corrected chi connectivity index (χ3v) is 2.27. The van der Waals surface area contributed by atoms with Crippen LogP contribution in [0, 0.1) is 0 Å². The van der Waals surface area contributed by atoms with Crippen LogP contribution in [0.2, 0.25) is 0 Å². The van der Waals surface area contributed by atoms with Gasteiger partial charge in [-0.15, -0.1) is 0 Å². The number of nitrogens with zero attached hydrogens (tertiary/aromatic N) is 1. The van der Waals surface area contributed by atoms with Gasteiger partial charge >= 0.3 is 5.97 Å². The number of ether oxygens (including phenoxy) is 1. The Hall–Kier alpha value is -0.870. The number of likely N-dealkylation sites (tertiary alicyclic amines) is 1. The SMILES string of the molecule is CC(C)(C)OC(=O)/C=C/CN1CCC(O)C1. The number of carbonyl (C=O) groups is 1. The summed E-state index contributed by atoms with van der Waals surface area (Å²) < 4.78 is 5.13. The highest BCUT2D eigenvalue weighted by Crippen LogP contribution is 2.09. The fourth-order valence-electron chi connectivity index (χ4n) is 1.61. The van der Waals surface area contributed by atoms with E-state index in [0.29, 0.717) is 13.1 Å². The van der Waals surface area contributed by atoms with Crippen molar-refractivity contribution in [1.82, 2.24) is 4.90 Å². The Balaban J connectivity index is 2.24. The van der Waals surface area contributed by atoms with Crippen LogP contribution in [-0.4, -0.2) is 47.3 Å². The molecule has 1 saturated heterocycles. The maximum Gasteiger partial charge on any atom is 0.330 e. The van der Waals surface area contributed by atoms with Crippen molar-refractivity contribution in [2.24, 2.45) is 0 Å². The molecule has 0 bridgehead atoms. The quantitative estimate of drug-likeness (QED) is 0.576. The topological polar surface area (TPSA) is 49.8 Å². The van der Waals surface area contributed by atoms with Crippen LogP contribution < -0.4 is 0 Å². The van der Waals surface area contributed by atoms with E-state index in [1.54, 1.807) is 6.08 Å². The maximum absolute atomic E-state index is 11.3. The Bertz CT molecular complexity index is 268. The number of hydrogen-bond donors (Lipinski definition) is 1. The van der Waals surface area contributed by atoms with Crippen LogP contribution in [0.3, 0.4) is 0 Å². The molecule has 0 amide bonds. The van der Waals surface area contributed by atoms with Crippen molar-refractivity contribution in [3.05, 3.63) is 12.2 Å². The van der Waals surface area contributed by atoms with Gasteiger partial charge in [0.2, 0.25) is 0 Å². The second-order valence-corrected chi connectivity index (χ2v) is 5.14. The van der Waals surface area contributed by atoms with Crippen molar-refractivity contribution in [2.45, 2.75) is 38.9 Å². The first kappa shape index (κ1) is 13.2. The van der Waals surface area contributed by atoms with Gasteiger partial charge in [0.15, 0.2) is 0 Å². The summed E-state index contributed by atoms with van der Waals surface area (Å²) >= 11 is 0. The van der Waals surface area contributed by atoms with E-state index in [2.05, 4.69) is 4.90 Å². The van der Waals surface area contributed by atoms with Crippen molar-refractivity contribution < 1.29 is 14.6 Å². The van der Waals surface area contributed by atoms with Gasteiger partial charge in [0.25, 0.3) is 0 Å². The fourth-order valence-corrected chi connectivity index (χ4v) is 1.61. The Morgan fingerprint density at radius 1 is 1.56 bits per heavy atom. The van der Waals surface area contributed by atoms with Gasteiger partial charge in [-0.3, -0.25) is 4.90 Å². The second kappa shape index (κ2) is 5.46. The van der Waals surface area contributed by atoms with Gasteiger partial charge < -0.3 is 9.84 Å². The summed E-state index contributed by atoms with van der Waals surface area (Å²) in [5.41, 5.74) is -0.439. The van der Waals surface area contributed by atoms with Crippen LogP contribution >= 0.6 is 0 Å². The summed E-state index contributed by atoms with van der Waals surface area (Å²) in [6, 6.07) is 0. The lowest BCUT2D eigenvalue weighted by molar-refractivity contribution is -0.148. The first-order chi connectivity index (χ1) is 7.37. The molecule has 1 heterocycles. The number of aliphatic hydroxyl groups excluding tert-OH is 1. The van der Waals surface area contributed by atoms with Gasteiger partial charge in [0, 0.05) is 25.7 Å². The van der Waals surface area contributed by atoms with Crippen molar-refractivity contribution in [1.29, 1.82) is 0 Å². The minimum absolute atomic E-state index is 0.213. The van der Waals surface area contributed by atoms with Crippen molar-refractivity contribution in [3.63, 3.8) is 0 Å². The third-order valence-electron chi connectivity index (χ3n) is 2.27. The van der Waals surface area contributed by atoms with E-state index in [1.165, 1.54) is 6.08 Å². The van der Waals surface area contributed by atoms with Gasteiger partial charge in [-0.25, -0.2) is 4.79 Å². The Morgan fingerprint density at radius 3 is 2.75 bits per heavy atom. The normalized spacial score (nSPS) is 22.9. The Kier molecular flexibility index (Phi) is 4.50.